The summed E-state index contributed by atoms with van der Waals surface area (Å²) in [7, 11) is 0. The van der Waals surface area contributed by atoms with Crippen LogP contribution in [0.4, 0.5) is 11.4 Å². The van der Waals surface area contributed by atoms with Gasteiger partial charge in [-0.1, -0.05) is 43.8 Å². The molecule has 42 heavy (non-hydrogen) atoms. The van der Waals surface area contributed by atoms with E-state index in [0.29, 0.717) is 19.2 Å². The smallest absolute Gasteiger partial charge is 0.119 e. The average Bonchev–Trinajstić information content (AvgIpc) is 3.00. The highest BCUT2D eigenvalue weighted by Gasteiger charge is 2.23. The maximum Gasteiger partial charge on any atom is 0.119 e. The summed E-state index contributed by atoms with van der Waals surface area (Å²) in [5, 5.41) is 13.2. The highest BCUT2D eigenvalue weighted by atomic mass is 32.2. The largest absolute Gasteiger partial charge is 0.492 e. The molecule has 1 unspecified atom stereocenters. The minimum atomic E-state index is -0.531. The molecule has 0 bridgehead atoms. The number of fused-ring (bicyclic) bond motifs is 2. The van der Waals surface area contributed by atoms with Gasteiger partial charge in [-0.3, -0.25) is 4.90 Å². The molecule has 1 atom stereocenters. The zero-order valence-electron chi connectivity index (χ0n) is 25.3. The molecule has 1 saturated heterocycles. The van der Waals surface area contributed by atoms with Gasteiger partial charge in [0, 0.05) is 61.6 Å². The van der Waals surface area contributed by atoms with Crippen LogP contribution < -0.4 is 19.7 Å². The van der Waals surface area contributed by atoms with Gasteiger partial charge in [0.1, 0.15) is 30.8 Å². The second kappa shape index (κ2) is 15.1. The van der Waals surface area contributed by atoms with E-state index in [1.54, 1.807) is 0 Å². The van der Waals surface area contributed by atoms with Crippen LogP contribution in [0, 0.1) is 6.92 Å². The summed E-state index contributed by atoms with van der Waals surface area (Å²) in [4.78, 5) is 10.3. The molecular weight excluding hydrogens is 544 g/mol. The van der Waals surface area contributed by atoms with E-state index in [-0.39, 0.29) is 6.61 Å². The summed E-state index contributed by atoms with van der Waals surface area (Å²) in [5.74, 6) is 1.59. The molecule has 0 radical (unpaired) electrons. The van der Waals surface area contributed by atoms with Crippen molar-refractivity contribution in [3.8, 4) is 11.5 Å². The van der Waals surface area contributed by atoms with Crippen molar-refractivity contribution in [1.82, 2.24) is 15.1 Å². The van der Waals surface area contributed by atoms with Crippen molar-refractivity contribution >= 4 is 23.1 Å². The van der Waals surface area contributed by atoms with Gasteiger partial charge in [-0.25, -0.2) is 0 Å². The highest BCUT2D eigenvalue weighted by Crippen LogP contribution is 2.48. The average molecular weight is 591 g/mol. The molecule has 0 aromatic heterocycles. The lowest BCUT2D eigenvalue weighted by atomic mass is 10.1. The molecule has 0 amide bonds. The van der Waals surface area contributed by atoms with Gasteiger partial charge < -0.3 is 29.7 Å². The number of nitrogens with one attached hydrogen (secondary N) is 1. The number of benzene rings is 3. The number of hydrogen-bond acceptors (Lipinski definition) is 8. The van der Waals surface area contributed by atoms with Crippen molar-refractivity contribution in [2.24, 2.45) is 0 Å². The Bertz CT molecular complexity index is 1260. The first-order chi connectivity index (χ1) is 20.4. The Hall–Kier alpha value is -2.75. The number of aliphatic hydroxyl groups is 1. The van der Waals surface area contributed by atoms with E-state index < -0.39 is 6.10 Å². The first-order valence-electron chi connectivity index (χ1n) is 15.3. The lowest BCUT2D eigenvalue weighted by Gasteiger charge is -2.36. The molecule has 0 aliphatic carbocycles. The number of rotatable bonds is 14. The minimum Gasteiger partial charge on any atom is -0.492 e. The molecule has 2 heterocycles. The van der Waals surface area contributed by atoms with E-state index in [1.807, 2.05) is 36.0 Å². The van der Waals surface area contributed by atoms with Crippen LogP contribution in [0.3, 0.4) is 0 Å². The zero-order valence-corrected chi connectivity index (χ0v) is 26.1. The first kappa shape index (κ1) is 30.7. The van der Waals surface area contributed by atoms with Crippen LogP contribution in [0.1, 0.15) is 25.8 Å². The number of hydrogen-bond donors (Lipinski definition) is 2. The molecule has 2 aliphatic rings. The first-order valence-corrected chi connectivity index (χ1v) is 16.1. The number of aliphatic hydroxyl groups excluding tert-OH is 1. The number of aryl methyl sites for hydroxylation is 1. The van der Waals surface area contributed by atoms with Gasteiger partial charge in [0.15, 0.2) is 0 Å². The molecular formula is C34H46N4O3S. The summed E-state index contributed by atoms with van der Waals surface area (Å²) in [6.07, 6.45) is 0.611. The summed E-state index contributed by atoms with van der Waals surface area (Å²) < 4.78 is 11.7. The standard InChI is InChI=1S/C34H46N4O3S/c1-26(2)35-24-28(39)25-41-30-12-10-29(11-13-30)40-22-21-37-19-17-36(18-20-37)15-6-16-38-31-7-4-5-8-33(31)42-34-14-9-27(3)23-32(34)38/h4-5,7-14,23,26,28,35,39H,6,15-22,24-25H2,1-3H3. The van der Waals surface area contributed by atoms with Gasteiger partial charge in [0.2, 0.25) is 0 Å². The van der Waals surface area contributed by atoms with E-state index >= 15 is 0 Å². The van der Waals surface area contributed by atoms with Gasteiger partial charge in [-0.2, -0.15) is 0 Å². The number of anilines is 2. The Labute approximate surface area is 255 Å². The Morgan fingerprint density at radius 1 is 0.810 bits per heavy atom. The molecule has 3 aromatic carbocycles. The monoisotopic (exact) mass is 590 g/mol. The molecule has 1 fully saturated rings. The van der Waals surface area contributed by atoms with Gasteiger partial charge >= 0.3 is 0 Å². The molecule has 0 saturated carbocycles. The van der Waals surface area contributed by atoms with Crippen LogP contribution in [0.5, 0.6) is 11.5 Å². The predicted octanol–water partition coefficient (Wildman–Crippen LogP) is 5.42. The molecule has 8 heteroatoms. The lowest BCUT2D eigenvalue weighted by Crippen LogP contribution is -2.47. The van der Waals surface area contributed by atoms with Crippen molar-refractivity contribution in [3.05, 3.63) is 72.3 Å². The molecule has 7 nitrogen and oxygen atoms in total. The molecule has 0 spiro atoms. The fourth-order valence-corrected chi connectivity index (χ4v) is 6.49. The maximum absolute atomic E-state index is 10.0. The number of para-hydroxylation sites is 1. The fraction of sp³-hybridized carbons (Fsp3) is 0.471. The van der Waals surface area contributed by atoms with Gasteiger partial charge in [-0.15, -0.1) is 0 Å². The van der Waals surface area contributed by atoms with Crippen LogP contribution in [-0.4, -0.2) is 92.6 Å². The molecule has 226 valence electrons. The second-order valence-corrected chi connectivity index (χ2v) is 12.7. The van der Waals surface area contributed by atoms with Crippen molar-refractivity contribution in [3.63, 3.8) is 0 Å². The quantitative estimate of drug-likeness (QED) is 0.258. The van der Waals surface area contributed by atoms with Crippen LogP contribution in [0.25, 0.3) is 0 Å². The van der Waals surface area contributed by atoms with Crippen LogP contribution >= 0.6 is 11.8 Å². The molecule has 2 N–H and O–H groups in total. The van der Waals surface area contributed by atoms with Crippen LogP contribution in [0.15, 0.2) is 76.5 Å². The normalized spacial score (nSPS) is 16.3. The van der Waals surface area contributed by atoms with E-state index in [0.717, 1.165) is 63.7 Å². The Morgan fingerprint density at radius 3 is 2.21 bits per heavy atom. The summed E-state index contributed by atoms with van der Waals surface area (Å²) >= 11 is 1.88. The van der Waals surface area contributed by atoms with E-state index in [1.165, 1.54) is 26.7 Å². The van der Waals surface area contributed by atoms with Crippen molar-refractivity contribution < 1.29 is 14.6 Å². The minimum absolute atomic E-state index is 0.269. The molecule has 2 aliphatic heterocycles. The van der Waals surface area contributed by atoms with Crippen molar-refractivity contribution in [2.45, 2.75) is 49.1 Å². The molecule has 5 rings (SSSR count). The van der Waals surface area contributed by atoms with Crippen molar-refractivity contribution in [1.29, 1.82) is 0 Å². The van der Waals surface area contributed by atoms with E-state index in [4.69, 9.17) is 9.47 Å². The van der Waals surface area contributed by atoms with Crippen LogP contribution in [-0.2, 0) is 0 Å². The zero-order chi connectivity index (χ0) is 29.3. The van der Waals surface area contributed by atoms with E-state index in [9.17, 15) is 5.11 Å². The Kier molecular flexibility index (Phi) is 11.1. The predicted molar refractivity (Wildman–Crippen MR) is 173 cm³/mol. The number of nitrogens with zero attached hydrogens (tertiary/aromatic N) is 3. The second-order valence-electron chi connectivity index (χ2n) is 11.6. The Morgan fingerprint density at radius 2 is 1.48 bits per heavy atom. The summed E-state index contributed by atoms with van der Waals surface area (Å²) in [6, 6.07) is 23.6. The van der Waals surface area contributed by atoms with E-state index in [2.05, 4.69) is 83.3 Å². The third-order valence-corrected chi connectivity index (χ3v) is 8.94. The van der Waals surface area contributed by atoms with Gasteiger partial charge in [-0.05, 0) is 74.0 Å². The number of piperazine rings is 1. The topological polar surface area (TPSA) is 60.4 Å². The lowest BCUT2D eigenvalue weighted by molar-refractivity contribution is 0.104. The van der Waals surface area contributed by atoms with Gasteiger partial charge in [0.25, 0.3) is 0 Å². The maximum atomic E-state index is 10.0. The fourth-order valence-electron chi connectivity index (χ4n) is 5.42. The number of ether oxygens (including phenoxy) is 2. The summed E-state index contributed by atoms with van der Waals surface area (Å²) in [6.45, 7) is 15.2. The Balaban J connectivity index is 0.991. The summed E-state index contributed by atoms with van der Waals surface area (Å²) in [5.41, 5.74) is 3.99. The highest BCUT2D eigenvalue weighted by molar-refractivity contribution is 7.99. The SMILES string of the molecule is Cc1ccc2c(c1)N(CCCN1CCN(CCOc3ccc(OCC(O)CNC(C)C)cc3)CC1)c1ccccc1S2. The van der Waals surface area contributed by atoms with Crippen LogP contribution in [0.2, 0.25) is 0 Å². The molecule has 3 aromatic rings. The third-order valence-electron chi connectivity index (χ3n) is 7.81. The van der Waals surface area contributed by atoms with Gasteiger partial charge in [0.05, 0.1) is 11.4 Å². The van der Waals surface area contributed by atoms with Crippen molar-refractivity contribution in [2.75, 3.05) is 70.5 Å². The third kappa shape index (κ3) is 8.64.